The summed E-state index contributed by atoms with van der Waals surface area (Å²) in [4.78, 5) is 16.5. The predicted molar refractivity (Wildman–Crippen MR) is 99.1 cm³/mol. The van der Waals surface area contributed by atoms with Crippen LogP contribution in [-0.4, -0.2) is 38.6 Å². The molecule has 6 heteroatoms. The average molecular weight is 366 g/mol. The van der Waals surface area contributed by atoms with Gasteiger partial charge in [-0.25, -0.2) is 0 Å². The van der Waals surface area contributed by atoms with E-state index in [0.717, 1.165) is 48.3 Å². The van der Waals surface area contributed by atoms with E-state index >= 15 is 0 Å². The van der Waals surface area contributed by atoms with Crippen LogP contribution in [0.4, 0.5) is 5.69 Å². The van der Waals surface area contributed by atoms with Gasteiger partial charge in [-0.15, -0.1) is 11.3 Å². The van der Waals surface area contributed by atoms with Crippen LogP contribution in [0.2, 0.25) is 4.34 Å². The first kappa shape index (κ1) is 17.4. The van der Waals surface area contributed by atoms with Crippen molar-refractivity contribution >= 4 is 34.5 Å². The molecule has 1 aromatic heterocycles. The SMILES string of the molecule is Cc1cccc(NC(=O)C[NH+]2CC[NH+](Cc3ccc(Cl)s3)CC2)c1. The number of piperazine rings is 1. The van der Waals surface area contributed by atoms with Crippen molar-refractivity contribution in [2.75, 3.05) is 38.0 Å². The molecule has 1 aliphatic heterocycles. The number of hydrogen-bond acceptors (Lipinski definition) is 2. The third kappa shape index (κ3) is 5.05. The number of halogens is 1. The van der Waals surface area contributed by atoms with Gasteiger partial charge in [0.05, 0.1) is 9.21 Å². The minimum Gasteiger partial charge on any atom is -0.321 e. The highest BCUT2D eigenvalue weighted by molar-refractivity contribution is 7.16. The van der Waals surface area contributed by atoms with Gasteiger partial charge < -0.3 is 15.1 Å². The molecule has 128 valence electrons. The molecule has 1 aliphatic rings. The van der Waals surface area contributed by atoms with Crippen molar-refractivity contribution in [2.24, 2.45) is 0 Å². The zero-order valence-corrected chi connectivity index (χ0v) is 15.5. The van der Waals surface area contributed by atoms with Crippen molar-refractivity contribution in [1.82, 2.24) is 0 Å². The van der Waals surface area contributed by atoms with E-state index in [4.69, 9.17) is 11.6 Å². The van der Waals surface area contributed by atoms with E-state index < -0.39 is 0 Å². The van der Waals surface area contributed by atoms with E-state index in [9.17, 15) is 4.79 Å². The Hall–Kier alpha value is -1.40. The molecule has 0 radical (unpaired) electrons. The molecular weight excluding hydrogens is 342 g/mol. The van der Waals surface area contributed by atoms with Crippen LogP contribution < -0.4 is 15.1 Å². The molecule has 0 unspecified atom stereocenters. The molecule has 4 nitrogen and oxygen atoms in total. The minimum absolute atomic E-state index is 0.101. The highest BCUT2D eigenvalue weighted by Crippen LogP contribution is 2.20. The number of thiophene rings is 1. The molecule has 1 fully saturated rings. The third-order valence-corrected chi connectivity index (χ3v) is 5.66. The molecule has 1 aromatic carbocycles. The normalized spacial score (nSPS) is 20.8. The molecule has 1 amide bonds. The van der Waals surface area contributed by atoms with Gasteiger partial charge in [0.2, 0.25) is 0 Å². The lowest BCUT2D eigenvalue weighted by Gasteiger charge is -2.29. The lowest BCUT2D eigenvalue weighted by atomic mass is 10.2. The molecule has 2 heterocycles. The molecule has 3 rings (SSSR count). The summed E-state index contributed by atoms with van der Waals surface area (Å²) < 4.78 is 0.862. The number of hydrogen-bond donors (Lipinski definition) is 3. The first-order valence-electron chi connectivity index (χ1n) is 8.36. The van der Waals surface area contributed by atoms with Crippen molar-refractivity contribution in [1.29, 1.82) is 0 Å². The Labute approximate surface area is 152 Å². The summed E-state index contributed by atoms with van der Waals surface area (Å²) in [6.07, 6.45) is 0. The topological polar surface area (TPSA) is 38.0 Å². The minimum atomic E-state index is 0.101. The number of nitrogens with one attached hydrogen (secondary N) is 3. The summed E-state index contributed by atoms with van der Waals surface area (Å²) in [5.41, 5.74) is 2.05. The second-order valence-electron chi connectivity index (χ2n) is 6.48. The summed E-state index contributed by atoms with van der Waals surface area (Å²) in [7, 11) is 0. The summed E-state index contributed by atoms with van der Waals surface area (Å²) in [6, 6.07) is 12.0. The Bertz CT molecular complexity index is 695. The molecule has 3 N–H and O–H groups in total. The number of rotatable bonds is 5. The molecule has 1 saturated heterocycles. The molecule has 24 heavy (non-hydrogen) atoms. The van der Waals surface area contributed by atoms with E-state index in [-0.39, 0.29) is 5.91 Å². The second kappa shape index (κ2) is 8.12. The fourth-order valence-corrected chi connectivity index (χ4v) is 4.32. The maximum absolute atomic E-state index is 12.2. The van der Waals surface area contributed by atoms with Crippen LogP contribution in [0.25, 0.3) is 0 Å². The van der Waals surface area contributed by atoms with Gasteiger partial charge >= 0.3 is 0 Å². The largest absolute Gasteiger partial charge is 0.321 e. The van der Waals surface area contributed by atoms with Gasteiger partial charge in [0.25, 0.3) is 5.91 Å². The molecule has 0 saturated carbocycles. The zero-order valence-electron chi connectivity index (χ0n) is 13.9. The number of amides is 1. The number of quaternary nitrogens is 2. The Kier molecular flexibility index (Phi) is 5.89. The van der Waals surface area contributed by atoms with Gasteiger partial charge in [-0.05, 0) is 36.8 Å². The van der Waals surface area contributed by atoms with Gasteiger partial charge in [0.1, 0.15) is 32.7 Å². The zero-order chi connectivity index (χ0) is 16.9. The first-order valence-corrected chi connectivity index (χ1v) is 9.56. The smallest absolute Gasteiger partial charge is 0.279 e. The standard InChI is InChI=1S/C18H22ClN3OS/c1-14-3-2-4-15(11-14)20-18(23)13-22-9-7-21(8-10-22)12-16-5-6-17(19)24-16/h2-6,11H,7-10,12-13H2,1H3,(H,20,23)/p+2. The van der Waals surface area contributed by atoms with E-state index in [0.29, 0.717) is 6.54 Å². The number of aryl methyl sites for hydroxylation is 1. The molecule has 0 atom stereocenters. The van der Waals surface area contributed by atoms with Gasteiger partial charge in [0.15, 0.2) is 6.54 Å². The highest BCUT2D eigenvalue weighted by Gasteiger charge is 2.25. The second-order valence-corrected chi connectivity index (χ2v) is 8.28. The Morgan fingerprint density at radius 1 is 1.17 bits per heavy atom. The molecule has 0 aliphatic carbocycles. The van der Waals surface area contributed by atoms with Crippen LogP contribution in [-0.2, 0) is 11.3 Å². The third-order valence-electron chi connectivity index (χ3n) is 4.43. The quantitative estimate of drug-likeness (QED) is 0.714. The summed E-state index contributed by atoms with van der Waals surface area (Å²) in [6.45, 7) is 7.90. The van der Waals surface area contributed by atoms with Crippen molar-refractivity contribution in [3.05, 3.63) is 51.2 Å². The maximum atomic E-state index is 12.2. The van der Waals surface area contributed by atoms with Crippen molar-refractivity contribution in [3.63, 3.8) is 0 Å². The Balaban J connectivity index is 1.42. The van der Waals surface area contributed by atoms with Gasteiger partial charge in [0, 0.05) is 5.69 Å². The average Bonchev–Trinajstić information content (AvgIpc) is 2.94. The Morgan fingerprint density at radius 3 is 2.58 bits per heavy atom. The summed E-state index contributed by atoms with van der Waals surface area (Å²) in [5, 5.41) is 3.00. The molecule has 0 bridgehead atoms. The summed E-state index contributed by atoms with van der Waals surface area (Å²) >= 11 is 7.66. The van der Waals surface area contributed by atoms with Crippen molar-refractivity contribution in [2.45, 2.75) is 13.5 Å². The molecule has 0 spiro atoms. The van der Waals surface area contributed by atoms with Crippen LogP contribution >= 0.6 is 22.9 Å². The van der Waals surface area contributed by atoms with Crippen LogP contribution in [0.3, 0.4) is 0 Å². The fraction of sp³-hybridized carbons (Fsp3) is 0.389. The van der Waals surface area contributed by atoms with Crippen LogP contribution in [0.15, 0.2) is 36.4 Å². The fourth-order valence-electron chi connectivity index (χ4n) is 3.16. The number of carbonyl (C=O) groups excluding carboxylic acids is 1. The van der Waals surface area contributed by atoms with Crippen LogP contribution in [0, 0.1) is 6.92 Å². The van der Waals surface area contributed by atoms with E-state index in [1.165, 1.54) is 9.78 Å². The van der Waals surface area contributed by atoms with Crippen molar-refractivity contribution < 1.29 is 14.6 Å². The number of anilines is 1. The monoisotopic (exact) mass is 365 g/mol. The highest BCUT2D eigenvalue weighted by atomic mass is 35.5. The van der Waals surface area contributed by atoms with E-state index in [2.05, 4.69) is 11.4 Å². The van der Waals surface area contributed by atoms with E-state index in [1.807, 2.05) is 37.3 Å². The van der Waals surface area contributed by atoms with Crippen molar-refractivity contribution in [3.8, 4) is 0 Å². The maximum Gasteiger partial charge on any atom is 0.279 e. The number of benzene rings is 1. The number of carbonyl (C=O) groups is 1. The lowest BCUT2D eigenvalue weighted by Crippen LogP contribution is -3.28. The van der Waals surface area contributed by atoms with Gasteiger partial charge in [-0.1, -0.05) is 23.7 Å². The van der Waals surface area contributed by atoms with Crippen LogP contribution in [0.1, 0.15) is 10.4 Å². The summed E-state index contributed by atoms with van der Waals surface area (Å²) in [5.74, 6) is 0.101. The van der Waals surface area contributed by atoms with E-state index in [1.54, 1.807) is 16.2 Å². The first-order chi connectivity index (χ1) is 11.6. The molecular formula is C18H24ClN3OS+2. The Morgan fingerprint density at radius 2 is 1.92 bits per heavy atom. The predicted octanol–water partition coefficient (Wildman–Crippen LogP) is 0.632. The van der Waals surface area contributed by atoms with Gasteiger partial charge in [-0.3, -0.25) is 4.79 Å². The van der Waals surface area contributed by atoms with Crippen LogP contribution in [0.5, 0.6) is 0 Å². The van der Waals surface area contributed by atoms with Gasteiger partial charge in [-0.2, -0.15) is 0 Å². The lowest BCUT2D eigenvalue weighted by molar-refractivity contribution is -1.01. The molecule has 2 aromatic rings.